The van der Waals surface area contributed by atoms with Gasteiger partial charge in [-0.1, -0.05) is 0 Å². The smallest absolute Gasteiger partial charge is 1.00 e. The molecule has 0 spiro atoms. The van der Waals surface area contributed by atoms with Gasteiger partial charge in [-0.25, -0.2) is 0 Å². The molecule has 0 aliphatic carbocycles. The first-order valence-electron chi connectivity index (χ1n) is 7.28. The standard InChI is InChI=1S/C14H26N6.2ClH/c1-9-7-15-11(17-9)13(3,4)19-20-14(5,6)12-16-8-10(2)18-12;;/h9-10H,7-8H2,1-6H3,(H,15,17)(H,16,18);2*1H. The first-order valence-corrected chi connectivity index (χ1v) is 7.28. The quantitative estimate of drug-likeness (QED) is 0.659. The third-order valence-electron chi connectivity index (χ3n) is 3.52. The van der Waals surface area contributed by atoms with Crippen molar-refractivity contribution in [2.45, 2.75) is 64.7 Å². The summed E-state index contributed by atoms with van der Waals surface area (Å²) in [4.78, 5) is 9.01. The van der Waals surface area contributed by atoms with Crippen LogP contribution in [0.4, 0.5) is 0 Å². The molecule has 0 saturated heterocycles. The number of hydrogen-bond acceptors (Lipinski definition) is 6. The number of aliphatic imine (C=N–C) groups is 2. The number of hydrogen-bond donors (Lipinski definition) is 2. The van der Waals surface area contributed by atoms with Crippen LogP contribution in [0.5, 0.6) is 0 Å². The molecule has 2 atom stereocenters. The average Bonchev–Trinajstić information content (AvgIpc) is 2.96. The van der Waals surface area contributed by atoms with Crippen molar-refractivity contribution in [2.75, 3.05) is 13.1 Å². The Hall–Kier alpha value is -0.880. The zero-order chi connectivity index (χ0) is 15.0. The van der Waals surface area contributed by atoms with Crippen LogP contribution < -0.4 is 23.0 Å². The summed E-state index contributed by atoms with van der Waals surface area (Å²) in [5.74, 6) is 1.83. The first kappa shape index (κ1) is 21.1. The molecule has 2 aliphatic heterocycles. The number of nitrogens with one attached hydrogen (secondary N) is 2. The highest BCUT2D eigenvalue weighted by molar-refractivity contribution is 5.93. The molecule has 128 valence electrons. The van der Waals surface area contributed by atoms with Crippen LogP contribution in [0.2, 0.25) is 0 Å². The zero-order valence-electron chi connectivity index (χ0n) is 15.1. The Kier molecular flexibility index (Phi) is 7.29. The molecule has 2 unspecified atom stereocenters. The highest BCUT2D eigenvalue weighted by Crippen LogP contribution is 2.20. The van der Waals surface area contributed by atoms with Crippen molar-refractivity contribution in [1.29, 1.82) is 0 Å². The maximum Gasteiger partial charge on any atom is 1.00 e. The summed E-state index contributed by atoms with van der Waals surface area (Å²) >= 11 is 0. The molecule has 0 bridgehead atoms. The summed E-state index contributed by atoms with van der Waals surface area (Å²) in [5.41, 5.74) is -0.848. The molecular weight excluding hydrogens is 323 g/mol. The lowest BCUT2D eigenvalue weighted by Gasteiger charge is -2.24. The van der Waals surface area contributed by atoms with Gasteiger partial charge in [0.25, 0.3) is 0 Å². The first-order chi connectivity index (χ1) is 9.21. The Morgan fingerprint density at radius 1 is 0.909 bits per heavy atom. The Morgan fingerprint density at radius 3 is 1.45 bits per heavy atom. The molecule has 0 saturated carbocycles. The van der Waals surface area contributed by atoms with Gasteiger partial charge in [-0.05, 0) is 41.5 Å². The lowest BCUT2D eigenvalue weighted by Crippen LogP contribution is -3.00. The number of rotatable bonds is 4. The lowest BCUT2D eigenvalue weighted by atomic mass is 10.0. The lowest BCUT2D eigenvalue weighted by molar-refractivity contribution is -0.00000533. The monoisotopic (exact) mass is 350 g/mol. The van der Waals surface area contributed by atoms with Gasteiger partial charge in [0.05, 0.1) is 13.1 Å². The van der Waals surface area contributed by atoms with Crippen molar-refractivity contribution >= 4 is 24.1 Å². The number of amidine groups is 2. The van der Waals surface area contributed by atoms with Crippen LogP contribution in [0.3, 0.4) is 0 Å². The van der Waals surface area contributed by atoms with Gasteiger partial charge >= 0.3 is 1.43 Å². The van der Waals surface area contributed by atoms with Crippen molar-refractivity contribution in [2.24, 2.45) is 20.2 Å². The minimum Gasteiger partial charge on any atom is -1.00 e. The second kappa shape index (κ2) is 7.59. The van der Waals surface area contributed by atoms with Crippen LogP contribution in [-0.2, 0) is 0 Å². The normalized spacial score (nSPS) is 24.8. The molecule has 0 aromatic carbocycles. The van der Waals surface area contributed by atoms with Gasteiger partial charge in [0.2, 0.25) is 0 Å². The molecule has 0 amide bonds. The van der Waals surface area contributed by atoms with Crippen LogP contribution in [0, 0.1) is 0 Å². The highest BCUT2D eigenvalue weighted by atomic mass is 35.5. The number of halogens is 2. The van der Waals surface area contributed by atoms with Crippen LogP contribution in [0.1, 0.15) is 43.0 Å². The Balaban J connectivity index is 0. The van der Waals surface area contributed by atoms with E-state index in [0.717, 1.165) is 24.8 Å². The fraction of sp³-hybridized carbons (Fsp3) is 0.857. The van der Waals surface area contributed by atoms with E-state index < -0.39 is 11.1 Å². The van der Waals surface area contributed by atoms with Crippen LogP contribution >= 0.6 is 12.4 Å². The molecule has 2 heterocycles. The third-order valence-corrected chi connectivity index (χ3v) is 3.52. The number of nitrogens with zero attached hydrogens (tertiary/aromatic N) is 4. The maximum absolute atomic E-state index is 4.52. The predicted molar refractivity (Wildman–Crippen MR) is 91.2 cm³/mol. The molecule has 6 nitrogen and oxygen atoms in total. The predicted octanol–water partition coefficient (Wildman–Crippen LogP) is -0.685. The molecular formula is C14H28Cl2N6. The van der Waals surface area contributed by atoms with Crippen molar-refractivity contribution in [3.8, 4) is 0 Å². The van der Waals surface area contributed by atoms with Crippen molar-refractivity contribution in [3.05, 3.63) is 0 Å². The van der Waals surface area contributed by atoms with E-state index in [-0.39, 0.29) is 26.2 Å². The van der Waals surface area contributed by atoms with Gasteiger partial charge in [0.15, 0.2) is 0 Å². The van der Waals surface area contributed by atoms with E-state index in [2.05, 4.69) is 44.7 Å². The van der Waals surface area contributed by atoms with E-state index in [4.69, 9.17) is 0 Å². The van der Waals surface area contributed by atoms with Gasteiger partial charge in [0.1, 0.15) is 22.7 Å². The fourth-order valence-corrected chi connectivity index (χ4v) is 2.19. The van der Waals surface area contributed by atoms with Gasteiger partial charge in [-0.2, -0.15) is 10.2 Å². The summed E-state index contributed by atoms with van der Waals surface area (Å²) in [6.07, 6.45) is 0. The van der Waals surface area contributed by atoms with Gasteiger partial charge < -0.3 is 23.0 Å². The summed E-state index contributed by atoms with van der Waals surface area (Å²) in [7, 11) is 0. The minimum atomic E-state index is -0.424. The molecule has 0 radical (unpaired) electrons. The maximum atomic E-state index is 4.52. The third kappa shape index (κ3) is 4.81. The summed E-state index contributed by atoms with van der Waals surface area (Å²) in [6.45, 7) is 14.0. The van der Waals surface area contributed by atoms with E-state index >= 15 is 0 Å². The molecule has 2 aliphatic rings. The van der Waals surface area contributed by atoms with Crippen LogP contribution in [-0.4, -0.2) is 47.9 Å². The Labute approximate surface area is 147 Å². The van der Waals surface area contributed by atoms with Crippen molar-refractivity contribution < 1.29 is 13.8 Å². The summed E-state index contributed by atoms with van der Waals surface area (Å²) in [6, 6.07) is 0.767. The second-order valence-electron chi connectivity index (χ2n) is 6.79. The van der Waals surface area contributed by atoms with Crippen LogP contribution in [0.25, 0.3) is 0 Å². The topological polar surface area (TPSA) is 73.5 Å². The van der Waals surface area contributed by atoms with E-state index in [0.29, 0.717) is 12.1 Å². The number of azo groups is 1. The molecule has 0 fully saturated rings. The molecule has 8 heteroatoms. The minimum absolute atomic E-state index is 0. The van der Waals surface area contributed by atoms with Gasteiger partial charge in [-0.15, -0.1) is 12.4 Å². The summed E-state index contributed by atoms with van der Waals surface area (Å²) < 4.78 is 0. The molecule has 0 aromatic heterocycles. The van der Waals surface area contributed by atoms with E-state index in [1.165, 1.54) is 0 Å². The van der Waals surface area contributed by atoms with Gasteiger partial charge in [0, 0.05) is 12.1 Å². The molecule has 22 heavy (non-hydrogen) atoms. The highest BCUT2D eigenvalue weighted by Gasteiger charge is 2.33. The van der Waals surface area contributed by atoms with Gasteiger partial charge in [-0.3, -0.25) is 9.98 Å². The SMILES string of the molecule is CC1CN=C(C(C)(C)N=NC(C)(C)C2=NCC(C)N2)N1.Cl.[Cl-].[H+]. The Bertz CT molecular complexity index is 434. The van der Waals surface area contributed by atoms with Crippen molar-refractivity contribution in [1.82, 2.24) is 10.6 Å². The fourth-order valence-electron chi connectivity index (χ4n) is 2.19. The van der Waals surface area contributed by atoms with E-state index in [1.807, 2.05) is 27.7 Å². The molecule has 2 N–H and O–H groups in total. The summed E-state index contributed by atoms with van der Waals surface area (Å²) in [5, 5.41) is 15.8. The zero-order valence-corrected chi connectivity index (χ0v) is 15.7. The Morgan fingerprint density at radius 2 is 1.23 bits per heavy atom. The molecule has 2 rings (SSSR count). The largest absolute Gasteiger partial charge is 1.00 e. The average molecular weight is 351 g/mol. The van der Waals surface area contributed by atoms with Crippen molar-refractivity contribution in [3.63, 3.8) is 0 Å². The molecule has 0 aromatic rings. The van der Waals surface area contributed by atoms with Crippen LogP contribution in [0.15, 0.2) is 20.2 Å². The van der Waals surface area contributed by atoms with E-state index in [9.17, 15) is 0 Å². The van der Waals surface area contributed by atoms with E-state index in [1.54, 1.807) is 0 Å². The second-order valence-corrected chi connectivity index (χ2v) is 6.79.